The molecule has 0 saturated carbocycles. The van der Waals surface area contributed by atoms with E-state index in [-0.39, 0.29) is 12.3 Å². The van der Waals surface area contributed by atoms with Gasteiger partial charge in [-0.2, -0.15) is 0 Å². The van der Waals surface area contributed by atoms with Gasteiger partial charge in [-0.3, -0.25) is 14.4 Å². The molecular formula is C18H20N2O5. The summed E-state index contributed by atoms with van der Waals surface area (Å²) in [6.07, 6.45) is 1.28. The standard InChI is InChI=1S/C18H20N2O5/c1-3-13-6-8-14(9-7-13)20-17(22)12(2)25-16(21)11-19-18(23)15-5-4-10-24-15/h4-10,12H,3,11H2,1-2H3,(H,19,23)(H,20,22). The largest absolute Gasteiger partial charge is 0.459 e. The third-order valence-electron chi connectivity index (χ3n) is 3.45. The van der Waals surface area contributed by atoms with Gasteiger partial charge in [0.2, 0.25) is 0 Å². The third-order valence-corrected chi connectivity index (χ3v) is 3.45. The SMILES string of the molecule is CCc1ccc(NC(=O)C(C)OC(=O)CNC(=O)c2ccco2)cc1. The molecule has 2 rings (SSSR count). The average molecular weight is 344 g/mol. The third kappa shape index (κ3) is 5.49. The number of rotatable bonds is 7. The van der Waals surface area contributed by atoms with E-state index in [1.807, 2.05) is 19.1 Å². The van der Waals surface area contributed by atoms with Crippen LogP contribution in [0.1, 0.15) is 30.0 Å². The number of carbonyl (C=O) groups is 3. The summed E-state index contributed by atoms with van der Waals surface area (Å²) in [5.41, 5.74) is 1.78. The number of nitrogens with one attached hydrogen (secondary N) is 2. The summed E-state index contributed by atoms with van der Waals surface area (Å²) < 4.78 is 9.90. The summed E-state index contributed by atoms with van der Waals surface area (Å²) in [6, 6.07) is 10.4. The molecule has 2 N–H and O–H groups in total. The first kappa shape index (κ1) is 18.3. The highest BCUT2D eigenvalue weighted by atomic mass is 16.5. The maximum absolute atomic E-state index is 12.0. The minimum atomic E-state index is -0.987. The number of amides is 2. The Morgan fingerprint density at radius 2 is 1.88 bits per heavy atom. The second-order valence-corrected chi connectivity index (χ2v) is 5.33. The number of hydrogen-bond acceptors (Lipinski definition) is 5. The zero-order valence-electron chi connectivity index (χ0n) is 14.1. The molecule has 0 aliphatic heterocycles. The first-order valence-electron chi connectivity index (χ1n) is 7.90. The Labute approximate surface area is 145 Å². The molecule has 0 aliphatic rings. The number of carbonyl (C=O) groups excluding carboxylic acids is 3. The monoisotopic (exact) mass is 344 g/mol. The normalized spacial score (nSPS) is 11.4. The number of esters is 1. The topological polar surface area (TPSA) is 97.6 Å². The molecule has 7 heteroatoms. The van der Waals surface area contributed by atoms with Crippen LogP contribution in [0.2, 0.25) is 0 Å². The molecule has 0 bridgehead atoms. The summed E-state index contributed by atoms with van der Waals surface area (Å²) in [4.78, 5) is 35.4. The minimum Gasteiger partial charge on any atom is -0.459 e. The van der Waals surface area contributed by atoms with Gasteiger partial charge in [0, 0.05) is 5.69 Å². The van der Waals surface area contributed by atoms with E-state index in [0.29, 0.717) is 5.69 Å². The van der Waals surface area contributed by atoms with Gasteiger partial charge in [-0.15, -0.1) is 0 Å². The fraction of sp³-hybridized carbons (Fsp3) is 0.278. The van der Waals surface area contributed by atoms with Crippen molar-refractivity contribution >= 4 is 23.5 Å². The fourth-order valence-corrected chi connectivity index (χ4v) is 2.01. The van der Waals surface area contributed by atoms with E-state index in [0.717, 1.165) is 12.0 Å². The molecule has 2 aromatic rings. The number of anilines is 1. The number of aryl methyl sites for hydroxylation is 1. The van der Waals surface area contributed by atoms with Crippen LogP contribution in [0.15, 0.2) is 47.1 Å². The Bertz CT molecular complexity index is 722. The molecule has 1 aromatic heterocycles. The van der Waals surface area contributed by atoms with E-state index in [9.17, 15) is 14.4 Å². The van der Waals surface area contributed by atoms with Crippen molar-refractivity contribution in [2.45, 2.75) is 26.4 Å². The van der Waals surface area contributed by atoms with Crippen molar-refractivity contribution < 1.29 is 23.5 Å². The summed E-state index contributed by atoms with van der Waals surface area (Å²) in [5, 5.41) is 5.02. The van der Waals surface area contributed by atoms with E-state index in [4.69, 9.17) is 9.15 Å². The minimum absolute atomic E-state index is 0.0918. The molecule has 0 fully saturated rings. The zero-order chi connectivity index (χ0) is 18.2. The van der Waals surface area contributed by atoms with E-state index in [1.54, 1.807) is 18.2 Å². The van der Waals surface area contributed by atoms with Crippen LogP contribution in [0.3, 0.4) is 0 Å². The molecule has 1 unspecified atom stereocenters. The van der Waals surface area contributed by atoms with Crippen LogP contribution < -0.4 is 10.6 Å². The highest BCUT2D eigenvalue weighted by molar-refractivity contribution is 5.96. The molecule has 1 aromatic carbocycles. The molecule has 2 amide bonds. The summed E-state index contributed by atoms with van der Waals surface area (Å²) >= 11 is 0. The molecule has 0 spiro atoms. The number of ether oxygens (including phenoxy) is 1. The lowest BCUT2D eigenvalue weighted by Gasteiger charge is -2.14. The Hall–Kier alpha value is -3.09. The van der Waals surface area contributed by atoms with Gasteiger partial charge in [-0.05, 0) is 43.2 Å². The molecule has 1 atom stereocenters. The maximum atomic E-state index is 12.0. The predicted octanol–water partition coefficient (Wildman–Crippen LogP) is 2.14. The molecule has 1 heterocycles. The van der Waals surface area contributed by atoms with Crippen LogP contribution in [-0.4, -0.2) is 30.4 Å². The Balaban J connectivity index is 1.77. The van der Waals surface area contributed by atoms with Gasteiger partial charge in [0.15, 0.2) is 11.9 Å². The number of hydrogen-bond donors (Lipinski definition) is 2. The van der Waals surface area contributed by atoms with E-state index in [1.165, 1.54) is 19.3 Å². The van der Waals surface area contributed by atoms with Crippen LogP contribution in [0.25, 0.3) is 0 Å². The summed E-state index contributed by atoms with van der Waals surface area (Å²) in [7, 11) is 0. The highest BCUT2D eigenvalue weighted by Gasteiger charge is 2.19. The molecule has 25 heavy (non-hydrogen) atoms. The molecule has 0 saturated heterocycles. The van der Waals surface area contributed by atoms with Crippen LogP contribution in [0.5, 0.6) is 0 Å². The molecule has 132 valence electrons. The summed E-state index contributed by atoms with van der Waals surface area (Å²) in [6.45, 7) is 3.14. The van der Waals surface area contributed by atoms with Crippen molar-refractivity contribution in [3.63, 3.8) is 0 Å². The lowest BCUT2D eigenvalue weighted by molar-refractivity contribution is -0.152. The zero-order valence-corrected chi connectivity index (χ0v) is 14.1. The van der Waals surface area contributed by atoms with Gasteiger partial charge in [0.25, 0.3) is 11.8 Å². The van der Waals surface area contributed by atoms with Crippen molar-refractivity contribution in [3.05, 3.63) is 54.0 Å². The van der Waals surface area contributed by atoms with Gasteiger partial charge in [0.1, 0.15) is 6.54 Å². The highest BCUT2D eigenvalue weighted by Crippen LogP contribution is 2.10. The lowest BCUT2D eigenvalue weighted by atomic mass is 10.1. The van der Waals surface area contributed by atoms with Gasteiger partial charge >= 0.3 is 5.97 Å². The van der Waals surface area contributed by atoms with Crippen LogP contribution in [0, 0.1) is 0 Å². The quantitative estimate of drug-likeness (QED) is 0.750. The second kappa shape index (κ2) is 8.68. The van der Waals surface area contributed by atoms with Crippen molar-refractivity contribution in [3.8, 4) is 0 Å². The maximum Gasteiger partial charge on any atom is 0.326 e. The molecule has 0 radical (unpaired) electrons. The van der Waals surface area contributed by atoms with Crippen molar-refractivity contribution in [1.29, 1.82) is 0 Å². The number of furan rings is 1. The van der Waals surface area contributed by atoms with E-state index in [2.05, 4.69) is 10.6 Å². The van der Waals surface area contributed by atoms with E-state index >= 15 is 0 Å². The first-order valence-corrected chi connectivity index (χ1v) is 7.90. The molecule has 0 aliphatic carbocycles. The summed E-state index contributed by atoms with van der Waals surface area (Å²) in [5.74, 6) is -1.61. The fourth-order valence-electron chi connectivity index (χ4n) is 2.01. The van der Waals surface area contributed by atoms with E-state index < -0.39 is 23.9 Å². The Morgan fingerprint density at radius 1 is 1.16 bits per heavy atom. The molecular weight excluding hydrogens is 324 g/mol. The van der Waals surface area contributed by atoms with Crippen molar-refractivity contribution in [1.82, 2.24) is 5.32 Å². The molecule has 7 nitrogen and oxygen atoms in total. The van der Waals surface area contributed by atoms with Gasteiger partial charge < -0.3 is 19.8 Å². The average Bonchev–Trinajstić information content (AvgIpc) is 3.15. The smallest absolute Gasteiger partial charge is 0.326 e. The van der Waals surface area contributed by atoms with Crippen molar-refractivity contribution in [2.24, 2.45) is 0 Å². The van der Waals surface area contributed by atoms with Crippen LogP contribution >= 0.6 is 0 Å². The lowest BCUT2D eigenvalue weighted by Crippen LogP contribution is -2.35. The second-order valence-electron chi connectivity index (χ2n) is 5.33. The Kier molecular flexibility index (Phi) is 6.33. The first-order chi connectivity index (χ1) is 12.0. The van der Waals surface area contributed by atoms with Gasteiger partial charge in [0.05, 0.1) is 6.26 Å². The van der Waals surface area contributed by atoms with Gasteiger partial charge in [-0.1, -0.05) is 19.1 Å². The number of benzene rings is 1. The van der Waals surface area contributed by atoms with Gasteiger partial charge in [-0.25, -0.2) is 0 Å². The van der Waals surface area contributed by atoms with Crippen molar-refractivity contribution in [2.75, 3.05) is 11.9 Å². The van der Waals surface area contributed by atoms with Crippen LogP contribution in [-0.2, 0) is 20.7 Å². The predicted molar refractivity (Wildman–Crippen MR) is 91.0 cm³/mol. The Morgan fingerprint density at radius 3 is 2.48 bits per heavy atom. The van der Waals surface area contributed by atoms with Crippen LogP contribution in [0.4, 0.5) is 5.69 Å².